The van der Waals surface area contributed by atoms with Crippen LogP contribution in [0.1, 0.15) is 52.6 Å². The number of hydrogen-bond donors (Lipinski definition) is 2. The average molecular weight is 622 g/mol. The maximum Gasteiger partial charge on any atom is 0.336 e. The number of esters is 1. The molecule has 236 valence electrons. The van der Waals surface area contributed by atoms with Crippen LogP contribution in [0.25, 0.3) is 6.08 Å². The van der Waals surface area contributed by atoms with E-state index in [-0.39, 0.29) is 17.2 Å². The van der Waals surface area contributed by atoms with Crippen molar-refractivity contribution in [2.45, 2.75) is 20.8 Å². The Labute approximate surface area is 267 Å². The van der Waals surface area contributed by atoms with Crippen molar-refractivity contribution < 1.29 is 33.3 Å². The first-order valence-electron chi connectivity index (χ1n) is 14.8. The summed E-state index contributed by atoms with van der Waals surface area (Å²) in [7, 11) is 0. The molecule has 10 nitrogen and oxygen atoms in total. The third-order valence-electron chi connectivity index (χ3n) is 6.26. The standard InChI is InChI=1S/C36H35N3O7/c1-4-43-30-19-17-28(23-33(30)45-6-3)35(41)38-29-14-10-13-27(22-29)36(42)39-37-24-26-15-18-31(32(21-26)44-5-2)46-34(40)20-16-25-11-8-7-9-12-25/h7-24H,4-6H2,1-3H3,(H,38,41)(H,39,42)/b20-16+,37-24?. The van der Waals surface area contributed by atoms with E-state index >= 15 is 0 Å². The molecule has 0 aliphatic rings. The average Bonchev–Trinajstić information content (AvgIpc) is 3.06. The highest BCUT2D eigenvalue weighted by Crippen LogP contribution is 2.30. The van der Waals surface area contributed by atoms with E-state index in [4.69, 9.17) is 18.9 Å². The first-order chi connectivity index (χ1) is 22.4. The summed E-state index contributed by atoms with van der Waals surface area (Å²) >= 11 is 0. The number of anilines is 1. The number of nitrogens with one attached hydrogen (secondary N) is 2. The minimum Gasteiger partial charge on any atom is -0.490 e. The van der Waals surface area contributed by atoms with Gasteiger partial charge in [0.15, 0.2) is 23.0 Å². The van der Waals surface area contributed by atoms with Crippen molar-refractivity contribution in [2.75, 3.05) is 25.1 Å². The molecule has 0 saturated heterocycles. The SMILES string of the molecule is CCOc1ccc(C(=O)Nc2cccc(C(=O)NN=Cc3ccc(OC(=O)/C=C/c4ccccc4)c(OCC)c3)c2)cc1OCC. The molecule has 0 spiro atoms. The maximum absolute atomic E-state index is 12.9. The minimum atomic E-state index is -0.549. The molecule has 0 saturated carbocycles. The van der Waals surface area contributed by atoms with Crippen molar-refractivity contribution in [1.82, 2.24) is 5.43 Å². The predicted octanol–water partition coefficient (Wildman–Crippen LogP) is 6.52. The second kappa shape index (κ2) is 16.8. The van der Waals surface area contributed by atoms with Crippen LogP contribution in [0.4, 0.5) is 5.69 Å². The van der Waals surface area contributed by atoms with Crippen molar-refractivity contribution in [3.63, 3.8) is 0 Å². The molecule has 0 aliphatic heterocycles. The highest BCUT2D eigenvalue weighted by atomic mass is 16.6. The van der Waals surface area contributed by atoms with Gasteiger partial charge in [0.05, 0.1) is 26.0 Å². The molecular formula is C36H35N3O7. The molecule has 0 heterocycles. The van der Waals surface area contributed by atoms with Gasteiger partial charge in [-0.3, -0.25) is 9.59 Å². The van der Waals surface area contributed by atoms with Gasteiger partial charge in [-0.05, 0) is 92.6 Å². The summed E-state index contributed by atoms with van der Waals surface area (Å²) in [6, 6.07) is 25.7. The summed E-state index contributed by atoms with van der Waals surface area (Å²) in [5.41, 5.74) is 5.05. The van der Waals surface area contributed by atoms with Crippen molar-refractivity contribution in [1.29, 1.82) is 0 Å². The summed E-state index contributed by atoms with van der Waals surface area (Å²) in [5.74, 6) is 0.238. The van der Waals surface area contributed by atoms with Crippen molar-refractivity contribution in [2.24, 2.45) is 5.10 Å². The Kier molecular flexibility index (Phi) is 12.1. The van der Waals surface area contributed by atoms with Crippen LogP contribution in [-0.4, -0.2) is 43.8 Å². The Bertz CT molecular complexity index is 1720. The summed E-state index contributed by atoms with van der Waals surface area (Å²) in [6.45, 7) is 6.77. The highest BCUT2D eigenvalue weighted by Gasteiger charge is 2.14. The van der Waals surface area contributed by atoms with Gasteiger partial charge in [0.25, 0.3) is 11.8 Å². The molecule has 0 bridgehead atoms. The van der Waals surface area contributed by atoms with E-state index in [1.807, 2.05) is 51.1 Å². The van der Waals surface area contributed by atoms with Crippen molar-refractivity contribution in [3.05, 3.63) is 119 Å². The first kappa shape index (κ1) is 33.0. The van der Waals surface area contributed by atoms with Crippen molar-refractivity contribution in [3.8, 4) is 23.0 Å². The molecule has 0 unspecified atom stereocenters. The van der Waals surface area contributed by atoms with Gasteiger partial charge in [0, 0.05) is 22.9 Å². The van der Waals surface area contributed by atoms with Crippen LogP contribution in [0, 0.1) is 0 Å². The summed E-state index contributed by atoms with van der Waals surface area (Å²) in [5, 5.41) is 6.85. The second-order valence-corrected chi connectivity index (χ2v) is 9.57. The zero-order valence-electron chi connectivity index (χ0n) is 25.8. The lowest BCUT2D eigenvalue weighted by Gasteiger charge is -2.12. The highest BCUT2D eigenvalue weighted by molar-refractivity contribution is 6.05. The molecule has 4 aromatic carbocycles. The van der Waals surface area contributed by atoms with Crippen LogP contribution >= 0.6 is 0 Å². The maximum atomic E-state index is 12.9. The molecule has 2 N–H and O–H groups in total. The number of carbonyl (C=O) groups is 3. The number of amides is 2. The monoisotopic (exact) mass is 621 g/mol. The van der Waals surface area contributed by atoms with E-state index < -0.39 is 11.9 Å². The first-order valence-corrected chi connectivity index (χ1v) is 14.8. The fraction of sp³-hybridized carbons (Fsp3) is 0.167. The molecule has 46 heavy (non-hydrogen) atoms. The molecule has 0 radical (unpaired) electrons. The molecule has 2 amide bonds. The van der Waals surface area contributed by atoms with Gasteiger partial charge >= 0.3 is 5.97 Å². The smallest absolute Gasteiger partial charge is 0.336 e. The molecule has 0 fully saturated rings. The van der Waals surface area contributed by atoms with Gasteiger partial charge in [-0.2, -0.15) is 5.10 Å². The van der Waals surface area contributed by atoms with Gasteiger partial charge in [0.2, 0.25) is 0 Å². The normalized spacial score (nSPS) is 10.8. The van der Waals surface area contributed by atoms with E-state index in [1.165, 1.54) is 12.3 Å². The quantitative estimate of drug-likeness (QED) is 0.0540. The number of carbonyl (C=O) groups excluding carboxylic acids is 3. The Balaban J connectivity index is 1.37. The minimum absolute atomic E-state index is 0.254. The van der Waals surface area contributed by atoms with Crippen LogP contribution in [0.3, 0.4) is 0 Å². The van der Waals surface area contributed by atoms with Crippen LogP contribution in [-0.2, 0) is 4.79 Å². The lowest BCUT2D eigenvalue weighted by Crippen LogP contribution is -2.18. The summed E-state index contributed by atoms with van der Waals surface area (Å²) in [4.78, 5) is 38.1. The van der Waals surface area contributed by atoms with Crippen molar-refractivity contribution >= 4 is 35.8 Å². The number of ether oxygens (including phenoxy) is 4. The Morgan fingerprint density at radius 2 is 1.33 bits per heavy atom. The fourth-order valence-electron chi connectivity index (χ4n) is 4.19. The lowest BCUT2D eigenvalue weighted by atomic mass is 10.1. The summed E-state index contributed by atoms with van der Waals surface area (Å²) < 4.78 is 22.3. The lowest BCUT2D eigenvalue weighted by molar-refractivity contribution is -0.129. The Hall–Kier alpha value is -5.90. The van der Waals surface area contributed by atoms with E-state index in [9.17, 15) is 14.4 Å². The molecule has 0 atom stereocenters. The van der Waals surface area contributed by atoms with E-state index in [0.29, 0.717) is 53.9 Å². The number of hydrogen-bond acceptors (Lipinski definition) is 8. The van der Waals surface area contributed by atoms with Gasteiger partial charge in [-0.25, -0.2) is 10.2 Å². The number of benzene rings is 4. The Morgan fingerprint density at radius 1 is 0.652 bits per heavy atom. The molecule has 10 heteroatoms. The number of hydrazone groups is 1. The van der Waals surface area contributed by atoms with E-state index in [2.05, 4.69) is 15.8 Å². The van der Waals surface area contributed by atoms with E-state index in [0.717, 1.165) is 5.56 Å². The van der Waals surface area contributed by atoms with Gasteiger partial charge in [-0.1, -0.05) is 36.4 Å². The topological polar surface area (TPSA) is 125 Å². The van der Waals surface area contributed by atoms with Crippen LogP contribution in [0.5, 0.6) is 23.0 Å². The molecular weight excluding hydrogens is 586 g/mol. The second-order valence-electron chi connectivity index (χ2n) is 9.57. The van der Waals surface area contributed by atoms with Gasteiger partial charge < -0.3 is 24.3 Å². The number of rotatable bonds is 14. The molecule has 4 rings (SSSR count). The number of nitrogens with zero attached hydrogens (tertiary/aromatic N) is 1. The zero-order valence-corrected chi connectivity index (χ0v) is 25.8. The largest absolute Gasteiger partial charge is 0.490 e. The van der Waals surface area contributed by atoms with Crippen LogP contribution in [0.15, 0.2) is 102 Å². The van der Waals surface area contributed by atoms with Crippen LogP contribution in [0.2, 0.25) is 0 Å². The molecule has 0 aliphatic carbocycles. The fourth-order valence-corrected chi connectivity index (χ4v) is 4.19. The predicted molar refractivity (Wildman–Crippen MR) is 177 cm³/mol. The molecule has 0 aromatic heterocycles. The van der Waals surface area contributed by atoms with E-state index in [1.54, 1.807) is 66.7 Å². The van der Waals surface area contributed by atoms with Crippen LogP contribution < -0.4 is 29.7 Å². The van der Waals surface area contributed by atoms with Gasteiger partial charge in [-0.15, -0.1) is 0 Å². The van der Waals surface area contributed by atoms with Gasteiger partial charge in [0.1, 0.15) is 0 Å². The Morgan fingerprint density at radius 3 is 2.07 bits per heavy atom. The third kappa shape index (κ3) is 9.55. The molecule has 4 aromatic rings. The zero-order chi connectivity index (χ0) is 32.7. The third-order valence-corrected chi connectivity index (χ3v) is 6.26. The summed E-state index contributed by atoms with van der Waals surface area (Å²) in [6.07, 6.45) is 4.44.